The van der Waals surface area contributed by atoms with E-state index in [1.54, 1.807) is 7.11 Å². The van der Waals surface area contributed by atoms with Crippen molar-refractivity contribution in [1.82, 2.24) is 4.98 Å². The fraction of sp³-hybridized carbons (Fsp3) is 0.640. The number of aromatic nitrogens is 1. The quantitative estimate of drug-likeness (QED) is 0.505. The van der Waals surface area contributed by atoms with Crippen LogP contribution in [-0.4, -0.2) is 41.2 Å². The van der Waals surface area contributed by atoms with Crippen molar-refractivity contribution in [3.05, 3.63) is 28.8 Å². The van der Waals surface area contributed by atoms with Gasteiger partial charge in [-0.15, -0.1) is 0 Å². The maximum Gasteiger partial charge on any atom is 0.306 e. The third-order valence-electron chi connectivity index (χ3n) is 6.35. The first kappa shape index (κ1) is 24.6. The fourth-order valence-corrected chi connectivity index (χ4v) is 5.08. The number of carbonyl (C=O) groups excluding carboxylic acids is 2. The predicted octanol–water partition coefficient (Wildman–Crippen LogP) is 4.97. The number of fused-ring (bicyclic) bond motifs is 1. The average molecular weight is 462 g/mol. The molecule has 6 nitrogen and oxygen atoms in total. The van der Waals surface area contributed by atoms with E-state index in [9.17, 15) is 14.7 Å². The Morgan fingerprint density at radius 3 is 2.62 bits per heavy atom. The zero-order valence-electron chi connectivity index (χ0n) is 19.3. The van der Waals surface area contributed by atoms with Crippen LogP contribution in [0.15, 0.2) is 23.1 Å². The van der Waals surface area contributed by atoms with E-state index in [4.69, 9.17) is 9.47 Å². The Bertz CT molecular complexity index is 845. The number of aliphatic hydroxyl groups is 1. The molecule has 176 valence electrons. The first-order valence-corrected chi connectivity index (χ1v) is 12.5. The van der Waals surface area contributed by atoms with E-state index < -0.39 is 6.10 Å². The normalized spacial score (nSPS) is 30.9. The Morgan fingerprint density at radius 1 is 1.19 bits per heavy atom. The molecule has 1 aliphatic heterocycles. The summed E-state index contributed by atoms with van der Waals surface area (Å²) in [7, 11) is 1.60. The van der Waals surface area contributed by atoms with E-state index in [-0.39, 0.29) is 43.0 Å². The third kappa shape index (κ3) is 7.27. The largest absolute Gasteiger partial charge is 0.473 e. The molecule has 32 heavy (non-hydrogen) atoms. The molecule has 1 saturated heterocycles. The smallest absolute Gasteiger partial charge is 0.306 e. The van der Waals surface area contributed by atoms with Crippen LogP contribution in [0.25, 0.3) is 6.08 Å². The van der Waals surface area contributed by atoms with Crippen LogP contribution in [0.1, 0.15) is 70.9 Å². The number of aliphatic hydroxyl groups excluding tert-OH is 1. The van der Waals surface area contributed by atoms with Crippen molar-refractivity contribution < 1.29 is 24.2 Å². The van der Waals surface area contributed by atoms with Gasteiger partial charge < -0.3 is 14.6 Å². The van der Waals surface area contributed by atoms with Gasteiger partial charge in [0.1, 0.15) is 11.9 Å². The molecule has 0 aromatic carbocycles. The summed E-state index contributed by atoms with van der Waals surface area (Å²) in [4.78, 5) is 29.4. The zero-order valence-corrected chi connectivity index (χ0v) is 20.1. The van der Waals surface area contributed by atoms with Crippen LogP contribution >= 0.6 is 11.3 Å². The van der Waals surface area contributed by atoms with Gasteiger partial charge in [-0.1, -0.05) is 43.3 Å². The lowest BCUT2D eigenvalue weighted by Crippen LogP contribution is -2.29. The van der Waals surface area contributed by atoms with E-state index in [0.29, 0.717) is 23.5 Å². The minimum Gasteiger partial charge on any atom is -0.473 e. The van der Waals surface area contributed by atoms with E-state index in [1.165, 1.54) is 11.3 Å². The highest BCUT2D eigenvalue weighted by atomic mass is 32.1. The van der Waals surface area contributed by atoms with Gasteiger partial charge in [0.25, 0.3) is 5.19 Å². The second-order valence-electron chi connectivity index (χ2n) is 9.25. The number of esters is 1. The van der Waals surface area contributed by atoms with Crippen molar-refractivity contribution in [2.75, 3.05) is 7.11 Å². The summed E-state index contributed by atoms with van der Waals surface area (Å²) in [5.41, 5.74) is 1.75. The minimum absolute atomic E-state index is 0.0111. The lowest BCUT2D eigenvalue weighted by atomic mass is 9.75. The number of Topliss-reactive ketones (excluding diaryl/α,β-unsaturated/α-hetero) is 1. The number of ether oxygens (including phenoxy) is 2. The van der Waals surface area contributed by atoms with Gasteiger partial charge in [0.2, 0.25) is 0 Å². The van der Waals surface area contributed by atoms with Crippen LogP contribution in [-0.2, 0) is 14.3 Å². The average Bonchev–Trinajstić information content (AvgIpc) is 3.16. The topological polar surface area (TPSA) is 85.7 Å². The number of hydrogen-bond acceptors (Lipinski definition) is 7. The summed E-state index contributed by atoms with van der Waals surface area (Å²) >= 11 is 1.43. The molecule has 2 unspecified atom stereocenters. The highest BCUT2D eigenvalue weighted by Crippen LogP contribution is 2.36. The van der Waals surface area contributed by atoms with Crippen LogP contribution < -0.4 is 4.74 Å². The maximum absolute atomic E-state index is 12.7. The van der Waals surface area contributed by atoms with Crippen molar-refractivity contribution in [3.63, 3.8) is 0 Å². The molecule has 5 atom stereocenters. The molecule has 1 N–H and O–H groups in total. The van der Waals surface area contributed by atoms with Crippen molar-refractivity contribution in [2.45, 2.75) is 77.4 Å². The van der Waals surface area contributed by atoms with Crippen LogP contribution in [0.4, 0.5) is 0 Å². The highest BCUT2D eigenvalue weighted by Gasteiger charge is 2.30. The fourth-order valence-electron chi connectivity index (χ4n) is 4.48. The number of ketones is 1. The number of cyclic esters (lactones) is 1. The molecule has 1 aromatic heterocycles. The van der Waals surface area contributed by atoms with Gasteiger partial charge in [-0.05, 0) is 55.6 Å². The lowest BCUT2D eigenvalue weighted by molar-refractivity contribution is -0.149. The molecule has 0 spiro atoms. The monoisotopic (exact) mass is 461 g/mol. The molecule has 3 rings (SSSR count). The second kappa shape index (κ2) is 11.8. The maximum atomic E-state index is 12.7. The predicted molar refractivity (Wildman–Crippen MR) is 125 cm³/mol. The molecular formula is C25H35NO5S. The number of nitrogens with zero attached hydrogens (tertiary/aromatic N) is 1. The van der Waals surface area contributed by atoms with Crippen molar-refractivity contribution in [1.29, 1.82) is 0 Å². The molecule has 0 saturated carbocycles. The van der Waals surface area contributed by atoms with Crippen molar-refractivity contribution in [2.24, 2.45) is 17.8 Å². The number of thiazole rings is 1. The van der Waals surface area contributed by atoms with E-state index >= 15 is 0 Å². The van der Waals surface area contributed by atoms with Gasteiger partial charge in [-0.3, -0.25) is 9.59 Å². The van der Waals surface area contributed by atoms with Gasteiger partial charge in [0, 0.05) is 24.6 Å². The summed E-state index contributed by atoms with van der Waals surface area (Å²) < 4.78 is 11.1. The van der Waals surface area contributed by atoms with E-state index in [0.717, 1.165) is 37.0 Å². The Labute approximate surface area is 194 Å². The Kier molecular flexibility index (Phi) is 9.05. The summed E-state index contributed by atoms with van der Waals surface area (Å²) in [6.07, 6.45) is 10.5. The molecule has 1 aromatic rings. The first-order valence-electron chi connectivity index (χ1n) is 11.6. The summed E-state index contributed by atoms with van der Waals surface area (Å²) in [6.45, 7) is 3.87. The standard InChI is InChI=1S/C25H35NO5S/c1-16-10-22(28)14-21(27)7-5-4-6-18-8-9-19(18)13-23(31-24(29)11-16)17(2)12-20-15-32-25(26-20)30-3/h8-9,12,15-16,18-19,21,23,27H,4-7,10-11,13-14H2,1-3H3/b17-12+/t16-,18-,19-,21?,23?/m0/s1. The van der Waals surface area contributed by atoms with E-state index in [1.807, 2.05) is 25.3 Å². The minimum atomic E-state index is -0.580. The summed E-state index contributed by atoms with van der Waals surface area (Å²) in [5.74, 6) is 0.453. The van der Waals surface area contributed by atoms with E-state index in [2.05, 4.69) is 17.1 Å². The SMILES string of the molecule is COc1nc(/C=C(\C)C2C[C@@H]3C=C[C@@H]3CCCCC(O)CC(=O)C[C@H](C)CC(=O)O2)cs1. The molecule has 1 aliphatic carbocycles. The van der Waals surface area contributed by atoms with Crippen molar-refractivity contribution >= 4 is 29.2 Å². The number of methoxy groups -OCH3 is 1. The summed E-state index contributed by atoms with van der Waals surface area (Å²) in [5, 5.41) is 12.7. The molecule has 7 heteroatoms. The number of allylic oxidation sites excluding steroid dienone is 2. The molecule has 2 aliphatic rings. The van der Waals surface area contributed by atoms with Crippen LogP contribution in [0.3, 0.4) is 0 Å². The first-order chi connectivity index (χ1) is 15.3. The van der Waals surface area contributed by atoms with Crippen molar-refractivity contribution in [3.8, 4) is 5.19 Å². The molecular weight excluding hydrogens is 426 g/mol. The Balaban J connectivity index is 1.74. The zero-order chi connectivity index (χ0) is 23.1. The molecule has 1 fully saturated rings. The van der Waals surface area contributed by atoms with Crippen LogP contribution in [0.5, 0.6) is 5.19 Å². The van der Waals surface area contributed by atoms with Crippen LogP contribution in [0.2, 0.25) is 0 Å². The highest BCUT2D eigenvalue weighted by molar-refractivity contribution is 7.11. The molecule has 2 heterocycles. The number of hydrogen-bond donors (Lipinski definition) is 1. The van der Waals surface area contributed by atoms with Gasteiger partial charge >= 0.3 is 5.97 Å². The lowest BCUT2D eigenvalue weighted by Gasteiger charge is -2.33. The molecule has 0 bridgehead atoms. The molecule has 0 radical (unpaired) electrons. The van der Waals surface area contributed by atoms with Gasteiger partial charge in [0.05, 0.1) is 18.9 Å². The Hall–Kier alpha value is -1.99. The van der Waals surface area contributed by atoms with Crippen LogP contribution in [0, 0.1) is 17.8 Å². The van der Waals surface area contributed by atoms with Gasteiger partial charge in [-0.2, -0.15) is 0 Å². The second-order valence-corrected chi connectivity index (χ2v) is 10.1. The van der Waals surface area contributed by atoms with Gasteiger partial charge in [-0.25, -0.2) is 4.98 Å². The Morgan fingerprint density at radius 2 is 1.94 bits per heavy atom. The number of rotatable bonds is 3. The number of carbonyl (C=O) groups is 2. The summed E-state index contributed by atoms with van der Waals surface area (Å²) in [6, 6.07) is 0. The molecule has 0 amide bonds. The third-order valence-corrected chi connectivity index (χ3v) is 7.17. The van der Waals surface area contributed by atoms with Gasteiger partial charge in [0.15, 0.2) is 0 Å².